The first-order valence-corrected chi connectivity index (χ1v) is 7.50. The Bertz CT molecular complexity index is 647. The second kappa shape index (κ2) is 6.39. The fourth-order valence-corrected chi connectivity index (χ4v) is 2.83. The Morgan fingerprint density at radius 2 is 2.15 bits per heavy atom. The predicted molar refractivity (Wildman–Crippen MR) is 74.8 cm³/mol. The number of benzene rings is 1. The maximum absolute atomic E-state index is 12.0. The van der Waals surface area contributed by atoms with E-state index in [1.165, 1.54) is 19.2 Å². The van der Waals surface area contributed by atoms with E-state index >= 15 is 0 Å². The van der Waals surface area contributed by atoms with E-state index in [1.807, 2.05) is 0 Å². The molecule has 1 aromatic carbocycles. The number of anilines is 1. The topological polar surface area (TPSA) is 96.3 Å². The molecule has 0 radical (unpaired) electrons. The van der Waals surface area contributed by atoms with Crippen LogP contribution in [0.5, 0.6) is 0 Å². The monoisotopic (exact) mass is 296 g/mol. The zero-order chi connectivity index (χ0) is 15.3. The molecule has 0 aliphatic carbocycles. The third kappa shape index (κ3) is 3.48. The molecule has 7 heteroatoms. The van der Waals surface area contributed by atoms with Crippen LogP contribution in [-0.4, -0.2) is 26.7 Å². The molecule has 0 amide bonds. The minimum atomic E-state index is -3.87. The number of methoxy groups -OCH3 is 1. The number of hydrogen-bond donors (Lipinski definition) is 1. The Kier molecular flexibility index (Phi) is 5.11. The van der Waals surface area contributed by atoms with Crippen molar-refractivity contribution in [2.45, 2.75) is 25.5 Å². The highest BCUT2D eigenvalue weighted by Crippen LogP contribution is 2.21. The van der Waals surface area contributed by atoms with E-state index < -0.39 is 21.2 Å². The van der Waals surface area contributed by atoms with Crippen LogP contribution in [0.2, 0.25) is 0 Å². The molecule has 0 heterocycles. The number of rotatable bonds is 5. The molecular weight excluding hydrogens is 280 g/mol. The molecule has 1 rings (SSSR count). The van der Waals surface area contributed by atoms with E-state index in [2.05, 4.69) is 9.46 Å². The lowest BCUT2D eigenvalue weighted by atomic mass is 10.1. The van der Waals surface area contributed by atoms with E-state index in [1.54, 1.807) is 26.0 Å². The number of ether oxygens (including phenoxy) is 1. The van der Waals surface area contributed by atoms with Gasteiger partial charge in [-0.05, 0) is 25.5 Å². The van der Waals surface area contributed by atoms with E-state index in [-0.39, 0.29) is 17.7 Å². The van der Waals surface area contributed by atoms with E-state index in [0.717, 1.165) is 5.56 Å². The summed E-state index contributed by atoms with van der Waals surface area (Å²) in [6.07, 6.45) is 0.158. The summed E-state index contributed by atoms with van der Waals surface area (Å²) in [6.45, 7) is 3.37. The lowest BCUT2D eigenvalue weighted by molar-refractivity contribution is 0.0602. The molecule has 6 nitrogen and oxygen atoms in total. The van der Waals surface area contributed by atoms with Crippen molar-refractivity contribution in [1.82, 2.24) is 0 Å². The Morgan fingerprint density at radius 3 is 2.65 bits per heavy atom. The Balaban J connectivity index is 3.23. The minimum Gasteiger partial charge on any atom is -0.465 e. The Morgan fingerprint density at radius 1 is 1.50 bits per heavy atom. The van der Waals surface area contributed by atoms with Crippen molar-refractivity contribution in [3.8, 4) is 6.07 Å². The van der Waals surface area contributed by atoms with E-state index in [9.17, 15) is 13.2 Å². The molecule has 108 valence electrons. The van der Waals surface area contributed by atoms with Gasteiger partial charge in [-0.15, -0.1) is 0 Å². The highest BCUT2D eigenvalue weighted by molar-refractivity contribution is 7.93. The summed E-state index contributed by atoms with van der Waals surface area (Å²) in [6, 6.07) is 6.38. The molecule has 1 atom stereocenters. The summed E-state index contributed by atoms with van der Waals surface area (Å²) in [7, 11) is -2.66. The number of sulfonamides is 1. The molecule has 1 N–H and O–H groups in total. The van der Waals surface area contributed by atoms with Crippen molar-refractivity contribution < 1.29 is 17.9 Å². The van der Waals surface area contributed by atoms with Gasteiger partial charge < -0.3 is 4.74 Å². The van der Waals surface area contributed by atoms with Gasteiger partial charge in [-0.1, -0.05) is 18.6 Å². The number of nitriles is 1. The SMILES string of the molecule is CCC(C#N)S(=O)(=O)Nc1ccc(C)cc1C(=O)OC. The molecule has 0 aromatic heterocycles. The van der Waals surface area contributed by atoms with Crippen molar-refractivity contribution in [2.24, 2.45) is 0 Å². The smallest absolute Gasteiger partial charge is 0.340 e. The zero-order valence-electron chi connectivity index (χ0n) is 11.5. The second-order valence-corrected chi connectivity index (χ2v) is 6.08. The number of hydrogen-bond acceptors (Lipinski definition) is 5. The molecule has 0 aliphatic rings. The Hall–Kier alpha value is -2.07. The van der Waals surface area contributed by atoms with Crippen LogP contribution in [-0.2, 0) is 14.8 Å². The summed E-state index contributed by atoms with van der Waals surface area (Å²) in [5.74, 6) is -0.642. The number of carbonyl (C=O) groups is 1. The van der Waals surface area contributed by atoms with Crippen LogP contribution in [0.25, 0.3) is 0 Å². The molecule has 0 bridgehead atoms. The quantitative estimate of drug-likeness (QED) is 0.836. The van der Waals surface area contributed by atoms with Crippen molar-refractivity contribution in [3.63, 3.8) is 0 Å². The molecule has 0 saturated heterocycles. The first-order chi connectivity index (χ1) is 9.35. The summed E-state index contributed by atoms with van der Waals surface area (Å²) >= 11 is 0. The minimum absolute atomic E-state index is 0.108. The molecule has 0 aliphatic heterocycles. The highest BCUT2D eigenvalue weighted by Gasteiger charge is 2.25. The van der Waals surface area contributed by atoms with Crippen LogP contribution in [0.1, 0.15) is 29.3 Å². The van der Waals surface area contributed by atoms with Gasteiger partial charge in [0, 0.05) is 0 Å². The van der Waals surface area contributed by atoms with Crippen LogP contribution in [0, 0.1) is 18.3 Å². The third-order valence-corrected chi connectivity index (χ3v) is 4.41. The maximum atomic E-state index is 12.0. The second-order valence-electron chi connectivity index (χ2n) is 4.21. The van der Waals surface area contributed by atoms with Gasteiger partial charge in [0.25, 0.3) is 0 Å². The van der Waals surface area contributed by atoms with E-state index in [0.29, 0.717) is 0 Å². The summed E-state index contributed by atoms with van der Waals surface area (Å²) in [5.41, 5.74) is 1.01. The molecule has 0 fully saturated rings. The van der Waals surface area contributed by atoms with Gasteiger partial charge in [-0.2, -0.15) is 5.26 Å². The Labute approximate surface area is 118 Å². The van der Waals surface area contributed by atoms with Crippen LogP contribution < -0.4 is 4.72 Å². The average molecular weight is 296 g/mol. The lowest BCUT2D eigenvalue weighted by Crippen LogP contribution is -2.27. The first kappa shape index (κ1) is 16.0. The van der Waals surface area contributed by atoms with Gasteiger partial charge in [0.1, 0.15) is 0 Å². The zero-order valence-corrected chi connectivity index (χ0v) is 12.3. The average Bonchev–Trinajstić information content (AvgIpc) is 2.40. The van der Waals surface area contributed by atoms with Gasteiger partial charge in [0.15, 0.2) is 5.25 Å². The number of aryl methyl sites for hydroxylation is 1. The van der Waals surface area contributed by atoms with Crippen molar-refractivity contribution >= 4 is 21.7 Å². The largest absolute Gasteiger partial charge is 0.465 e. The maximum Gasteiger partial charge on any atom is 0.340 e. The standard InChI is InChI=1S/C13H16N2O4S/c1-4-10(8-14)20(17,18)15-12-6-5-9(2)7-11(12)13(16)19-3/h5-7,10,15H,4H2,1-3H3. The number of carbonyl (C=O) groups excluding carboxylic acids is 1. The van der Waals surface area contributed by atoms with Crippen LogP contribution in [0.3, 0.4) is 0 Å². The molecular formula is C13H16N2O4S. The normalized spacial score (nSPS) is 12.3. The summed E-state index contributed by atoms with van der Waals surface area (Å²) < 4.78 is 31.0. The molecule has 1 unspecified atom stereocenters. The van der Waals surface area contributed by atoms with Crippen molar-refractivity contribution in [2.75, 3.05) is 11.8 Å². The number of nitrogens with one attached hydrogen (secondary N) is 1. The van der Waals surface area contributed by atoms with Gasteiger partial charge in [-0.3, -0.25) is 4.72 Å². The van der Waals surface area contributed by atoms with Gasteiger partial charge in [0.05, 0.1) is 24.4 Å². The first-order valence-electron chi connectivity index (χ1n) is 5.96. The van der Waals surface area contributed by atoms with Crippen LogP contribution in [0.4, 0.5) is 5.69 Å². The van der Waals surface area contributed by atoms with Gasteiger partial charge >= 0.3 is 5.97 Å². The van der Waals surface area contributed by atoms with Gasteiger partial charge in [0.2, 0.25) is 10.0 Å². The molecule has 0 spiro atoms. The fraction of sp³-hybridized carbons (Fsp3) is 0.385. The molecule has 0 saturated carbocycles. The van der Waals surface area contributed by atoms with Crippen molar-refractivity contribution in [1.29, 1.82) is 5.26 Å². The molecule has 1 aromatic rings. The van der Waals surface area contributed by atoms with E-state index in [4.69, 9.17) is 5.26 Å². The van der Waals surface area contributed by atoms with Crippen LogP contribution in [0.15, 0.2) is 18.2 Å². The summed E-state index contributed by atoms with van der Waals surface area (Å²) in [4.78, 5) is 11.7. The number of esters is 1. The highest BCUT2D eigenvalue weighted by atomic mass is 32.2. The fourth-order valence-electron chi connectivity index (χ4n) is 1.63. The summed E-state index contributed by atoms with van der Waals surface area (Å²) in [5, 5.41) is 7.68. The third-order valence-electron chi connectivity index (χ3n) is 2.72. The predicted octanol–water partition coefficient (Wildman–Crippen LogP) is 1.83. The molecule has 20 heavy (non-hydrogen) atoms. The van der Waals surface area contributed by atoms with Gasteiger partial charge in [-0.25, -0.2) is 13.2 Å². The van der Waals surface area contributed by atoms with Crippen LogP contribution >= 0.6 is 0 Å². The number of nitrogens with zero attached hydrogens (tertiary/aromatic N) is 1. The van der Waals surface area contributed by atoms with Crippen molar-refractivity contribution in [3.05, 3.63) is 29.3 Å². The lowest BCUT2D eigenvalue weighted by Gasteiger charge is -2.14.